The minimum absolute atomic E-state index is 0.256. The highest BCUT2D eigenvalue weighted by Gasteiger charge is 2.32. The Bertz CT molecular complexity index is 481. The van der Waals surface area contributed by atoms with Crippen molar-refractivity contribution in [3.05, 3.63) is 33.9 Å². The monoisotopic (exact) mass is 248 g/mol. The topological polar surface area (TPSA) is 55.5 Å². The van der Waals surface area contributed by atoms with Crippen LogP contribution in [0.2, 0.25) is 0 Å². The van der Waals surface area contributed by atoms with Gasteiger partial charge in [-0.05, 0) is 24.4 Å². The normalized spacial score (nSPS) is 10.7. The maximum atomic E-state index is 12.3. The van der Waals surface area contributed by atoms with E-state index in [1.54, 1.807) is 0 Å². The van der Waals surface area contributed by atoms with Gasteiger partial charge in [0.2, 0.25) is 0 Å². The fourth-order valence-corrected chi connectivity index (χ4v) is 1.09. The molecule has 1 aromatic carbocycles. The second-order valence-corrected chi connectivity index (χ2v) is 2.84. The first-order valence-corrected chi connectivity index (χ1v) is 4.20. The third kappa shape index (κ3) is 2.62. The zero-order valence-corrected chi connectivity index (χ0v) is 8.30. The SMILES string of the molecule is O=[N+]([O-])c1cc(C(F)(F)F)ccc1N=C=S. The molecule has 1 rings (SSSR count). The minimum atomic E-state index is -4.63. The Hall–Kier alpha value is -1.79. The van der Waals surface area contributed by atoms with Crippen LogP contribution in [0.4, 0.5) is 24.5 Å². The molecule has 8 heteroatoms. The number of hydrogen-bond donors (Lipinski definition) is 0. The molecule has 0 aliphatic carbocycles. The molecule has 16 heavy (non-hydrogen) atoms. The van der Waals surface area contributed by atoms with Crippen LogP contribution in [0.25, 0.3) is 0 Å². The summed E-state index contributed by atoms with van der Waals surface area (Å²) in [5.74, 6) is 0. The van der Waals surface area contributed by atoms with Crippen LogP contribution in [-0.4, -0.2) is 10.1 Å². The number of nitrogens with zero attached hydrogens (tertiary/aromatic N) is 2. The number of thiocarbonyl (C=S) groups is 1. The summed E-state index contributed by atoms with van der Waals surface area (Å²) in [7, 11) is 0. The predicted molar refractivity (Wildman–Crippen MR) is 52.8 cm³/mol. The van der Waals surface area contributed by atoms with Crippen molar-refractivity contribution < 1.29 is 18.1 Å². The van der Waals surface area contributed by atoms with Crippen LogP contribution in [0.3, 0.4) is 0 Å². The molecule has 0 spiro atoms. The van der Waals surface area contributed by atoms with Crippen molar-refractivity contribution in [3.8, 4) is 0 Å². The third-order valence-electron chi connectivity index (χ3n) is 1.67. The van der Waals surface area contributed by atoms with Crippen LogP contribution in [0.15, 0.2) is 23.2 Å². The first-order valence-electron chi connectivity index (χ1n) is 3.80. The van der Waals surface area contributed by atoms with E-state index in [4.69, 9.17) is 0 Å². The van der Waals surface area contributed by atoms with E-state index in [0.717, 1.165) is 6.07 Å². The lowest BCUT2D eigenvalue weighted by Gasteiger charge is -2.06. The average molecular weight is 248 g/mol. The molecule has 0 fully saturated rings. The van der Waals surface area contributed by atoms with Crippen molar-refractivity contribution >= 4 is 28.8 Å². The Kier molecular flexibility index (Phi) is 3.36. The van der Waals surface area contributed by atoms with Gasteiger partial charge in [0.1, 0.15) is 0 Å². The molecule has 0 aliphatic rings. The van der Waals surface area contributed by atoms with Crippen LogP contribution < -0.4 is 0 Å². The molecule has 84 valence electrons. The van der Waals surface area contributed by atoms with Crippen molar-refractivity contribution in [1.82, 2.24) is 0 Å². The Balaban J connectivity index is 3.39. The van der Waals surface area contributed by atoms with E-state index in [9.17, 15) is 23.3 Å². The molecule has 0 aliphatic heterocycles. The molecular formula is C8H3F3N2O2S. The summed E-state index contributed by atoms with van der Waals surface area (Å²) in [6.07, 6.45) is -4.63. The molecule has 0 unspecified atom stereocenters. The predicted octanol–water partition coefficient (Wildman–Crippen LogP) is 3.35. The maximum Gasteiger partial charge on any atom is 0.416 e. The molecule has 4 nitrogen and oxygen atoms in total. The van der Waals surface area contributed by atoms with Gasteiger partial charge in [0.15, 0.2) is 5.69 Å². The maximum absolute atomic E-state index is 12.3. The molecule has 0 heterocycles. The molecule has 0 bridgehead atoms. The summed E-state index contributed by atoms with van der Waals surface area (Å²) in [5, 5.41) is 12.4. The van der Waals surface area contributed by atoms with Crippen molar-refractivity contribution in [1.29, 1.82) is 0 Å². The number of halogens is 3. The number of rotatable bonds is 2. The van der Waals surface area contributed by atoms with Gasteiger partial charge in [-0.25, -0.2) is 0 Å². The van der Waals surface area contributed by atoms with Crippen molar-refractivity contribution in [2.24, 2.45) is 4.99 Å². The van der Waals surface area contributed by atoms with Gasteiger partial charge in [-0.15, -0.1) is 0 Å². The standard InChI is InChI=1S/C8H3F3N2O2S/c9-8(10,11)5-1-2-6(12-4-16)7(3-5)13(14)15/h1-3H. The van der Waals surface area contributed by atoms with Gasteiger partial charge in [-0.3, -0.25) is 10.1 Å². The van der Waals surface area contributed by atoms with Crippen molar-refractivity contribution in [2.45, 2.75) is 6.18 Å². The number of isothiocyanates is 1. The number of nitro groups is 1. The van der Waals surface area contributed by atoms with Gasteiger partial charge in [0, 0.05) is 6.07 Å². The van der Waals surface area contributed by atoms with E-state index < -0.39 is 22.4 Å². The van der Waals surface area contributed by atoms with E-state index in [1.807, 2.05) is 5.16 Å². The second kappa shape index (κ2) is 4.38. The molecule has 0 saturated heterocycles. The Morgan fingerprint density at radius 1 is 1.44 bits per heavy atom. The molecule has 0 radical (unpaired) electrons. The van der Waals surface area contributed by atoms with Crippen LogP contribution in [0.5, 0.6) is 0 Å². The fraction of sp³-hybridized carbons (Fsp3) is 0.125. The van der Waals surface area contributed by atoms with Crippen molar-refractivity contribution in [2.75, 3.05) is 0 Å². The summed E-state index contributed by atoms with van der Waals surface area (Å²) < 4.78 is 36.8. The summed E-state index contributed by atoms with van der Waals surface area (Å²) in [6, 6.07) is 1.98. The van der Waals surface area contributed by atoms with Crippen LogP contribution >= 0.6 is 12.2 Å². The van der Waals surface area contributed by atoms with Crippen LogP contribution in [-0.2, 0) is 6.18 Å². The summed E-state index contributed by atoms with van der Waals surface area (Å²) in [5.41, 5.74) is -2.12. The second-order valence-electron chi connectivity index (χ2n) is 2.66. The summed E-state index contributed by atoms with van der Waals surface area (Å²) in [6.45, 7) is 0. The average Bonchev–Trinajstić information content (AvgIpc) is 2.16. The van der Waals surface area contributed by atoms with E-state index in [-0.39, 0.29) is 5.69 Å². The quantitative estimate of drug-likeness (QED) is 0.349. The highest BCUT2D eigenvalue weighted by atomic mass is 32.1. The zero-order chi connectivity index (χ0) is 12.3. The molecule has 0 saturated carbocycles. The minimum Gasteiger partial charge on any atom is -0.258 e. The smallest absolute Gasteiger partial charge is 0.258 e. The number of benzene rings is 1. The molecular weight excluding hydrogens is 245 g/mol. The lowest BCUT2D eigenvalue weighted by atomic mass is 10.1. The Morgan fingerprint density at radius 3 is 2.50 bits per heavy atom. The highest BCUT2D eigenvalue weighted by molar-refractivity contribution is 7.78. The van der Waals surface area contributed by atoms with Crippen LogP contribution in [0, 0.1) is 10.1 Å². The lowest BCUT2D eigenvalue weighted by Crippen LogP contribution is -2.05. The lowest BCUT2D eigenvalue weighted by molar-refractivity contribution is -0.384. The molecule has 1 aromatic rings. The number of nitro benzene ring substituents is 1. The third-order valence-corrected chi connectivity index (χ3v) is 1.76. The molecule has 0 N–H and O–H groups in total. The van der Waals surface area contributed by atoms with Gasteiger partial charge in [-0.1, -0.05) is 0 Å². The number of alkyl halides is 3. The zero-order valence-electron chi connectivity index (χ0n) is 7.49. The van der Waals surface area contributed by atoms with E-state index in [0.29, 0.717) is 12.1 Å². The largest absolute Gasteiger partial charge is 0.416 e. The fourth-order valence-electron chi connectivity index (χ4n) is 0.990. The van der Waals surface area contributed by atoms with E-state index in [1.165, 1.54) is 0 Å². The summed E-state index contributed by atoms with van der Waals surface area (Å²) in [4.78, 5) is 12.8. The van der Waals surface area contributed by atoms with Crippen molar-refractivity contribution in [3.63, 3.8) is 0 Å². The van der Waals surface area contributed by atoms with Gasteiger partial charge < -0.3 is 0 Å². The van der Waals surface area contributed by atoms with Gasteiger partial charge >= 0.3 is 6.18 Å². The molecule has 0 aromatic heterocycles. The van der Waals surface area contributed by atoms with Gasteiger partial charge in [0.05, 0.1) is 15.6 Å². The Labute approximate surface area is 92.6 Å². The Morgan fingerprint density at radius 2 is 2.06 bits per heavy atom. The molecule has 0 atom stereocenters. The first kappa shape index (κ1) is 12.3. The highest BCUT2D eigenvalue weighted by Crippen LogP contribution is 2.35. The number of hydrogen-bond acceptors (Lipinski definition) is 4. The molecule has 0 amide bonds. The van der Waals surface area contributed by atoms with Gasteiger partial charge in [-0.2, -0.15) is 18.2 Å². The first-order chi connectivity index (χ1) is 7.36. The number of aliphatic imine (C=N–C) groups is 1. The van der Waals surface area contributed by atoms with E-state index in [2.05, 4.69) is 17.2 Å². The van der Waals surface area contributed by atoms with Gasteiger partial charge in [0.25, 0.3) is 5.69 Å². The summed E-state index contributed by atoms with van der Waals surface area (Å²) >= 11 is 4.22. The van der Waals surface area contributed by atoms with E-state index >= 15 is 0 Å². The van der Waals surface area contributed by atoms with Crippen LogP contribution in [0.1, 0.15) is 5.56 Å².